The van der Waals surface area contributed by atoms with Gasteiger partial charge in [0.25, 0.3) is 0 Å². The van der Waals surface area contributed by atoms with E-state index in [1.807, 2.05) is 24.3 Å². The fraction of sp³-hybridized carbons (Fsp3) is 0.200. The van der Waals surface area contributed by atoms with Crippen molar-refractivity contribution in [2.75, 3.05) is 5.32 Å². The summed E-state index contributed by atoms with van der Waals surface area (Å²) < 4.78 is 0. The van der Waals surface area contributed by atoms with Gasteiger partial charge in [-0.25, -0.2) is 0 Å². The molecule has 0 spiro atoms. The van der Waals surface area contributed by atoms with Crippen molar-refractivity contribution >= 4 is 40.1 Å². The normalized spacial score (nSPS) is 10.2. The molecule has 1 amide bonds. The van der Waals surface area contributed by atoms with Crippen LogP contribution in [0, 0.1) is 0 Å². The van der Waals surface area contributed by atoms with Gasteiger partial charge in [-0.1, -0.05) is 30.4 Å². The summed E-state index contributed by atoms with van der Waals surface area (Å²) in [5.74, 6) is 0.0154. The number of carbonyl (C=O) groups excluding carboxylic acids is 1. The Hall–Kier alpha value is -1.72. The Bertz CT molecular complexity index is 594. The number of amides is 1. The predicted molar refractivity (Wildman–Crippen MR) is 88.2 cm³/mol. The number of hydrogen-bond acceptors (Lipinski definition) is 3. The number of anilines is 1. The van der Waals surface area contributed by atoms with Crippen molar-refractivity contribution < 1.29 is 4.79 Å². The van der Waals surface area contributed by atoms with Crippen LogP contribution in [0.5, 0.6) is 0 Å². The molecule has 2 aromatic rings. The van der Waals surface area contributed by atoms with E-state index >= 15 is 0 Å². The molecule has 0 bridgehead atoms. The first-order valence-electron chi connectivity index (χ1n) is 6.37. The van der Waals surface area contributed by atoms with E-state index in [-0.39, 0.29) is 5.91 Å². The molecule has 5 heteroatoms. The highest BCUT2D eigenvalue weighted by Gasteiger charge is 2.04. The van der Waals surface area contributed by atoms with E-state index in [1.54, 1.807) is 17.4 Å². The maximum absolute atomic E-state index is 11.9. The Morgan fingerprint density at radius 1 is 1.30 bits per heavy atom. The molecule has 3 N–H and O–H groups in total. The summed E-state index contributed by atoms with van der Waals surface area (Å²) >= 11 is 6.64. The van der Waals surface area contributed by atoms with Gasteiger partial charge in [-0.05, 0) is 36.4 Å². The fourth-order valence-electron chi connectivity index (χ4n) is 1.85. The number of thiophene rings is 1. The smallest absolute Gasteiger partial charge is 0.224 e. The van der Waals surface area contributed by atoms with Gasteiger partial charge < -0.3 is 11.1 Å². The number of nitrogens with one attached hydrogen (secondary N) is 1. The van der Waals surface area contributed by atoms with Gasteiger partial charge >= 0.3 is 0 Å². The van der Waals surface area contributed by atoms with Crippen molar-refractivity contribution in [3.63, 3.8) is 0 Å². The van der Waals surface area contributed by atoms with Gasteiger partial charge in [0.15, 0.2) is 0 Å². The molecule has 104 valence electrons. The highest BCUT2D eigenvalue weighted by Crippen LogP contribution is 2.14. The minimum Gasteiger partial charge on any atom is -0.389 e. The molecule has 0 saturated heterocycles. The Morgan fingerprint density at radius 2 is 2.15 bits per heavy atom. The Morgan fingerprint density at radius 3 is 2.85 bits per heavy atom. The van der Waals surface area contributed by atoms with Crippen LogP contribution in [0.3, 0.4) is 0 Å². The highest BCUT2D eigenvalue weighted by molar-refractivity contribution is 7.80. The Kier molecular flexibility index (Phi) is 5.26. The molecule has 1 aromatic carbocycles. The first kappa shape index (κ1) is 14.7. The lowest BCUT2D eigenvalue weighted by atomic mass is 10.2. The van der Waals surface area contributed by atoms with Crippen molar-refractivity contribution in [3.05, 3.63) is 52.2 Å². The van der Waals surface area contributed by atoms with Gasteiger partial charge in [-0.3, -0.25) is 4.79 Å². The summed E-state index contributed by atoms with van der Waals surface area (Å²) in [7, 11) is 0. The largest absolute Gasteiger partial charge is 0.389 e. The zero-order valence-electron chi connectivity index (χ0n) is 11.0. The van der Waals surface area contributed by atoms with E-state index in [1.165, 1.54) is 4.88 Å². The number of benzene rings is 1. The topological polar surface area (TPSA) is 55.1 Å². The van der Waals surface area contributed by atoms with Crippen LogP contribution in [-0.4, -0.2) is 10.9 Å². The second-order valence-electron chi connectivity index (χ2n) is 4.43. The van der Waals surface area contributed by atoms with Crippen LogP contribution in [0.2, 0.25) is 0 Å². The zero-order chi connectivity index (χ0) is 14.4. The standard InChI is InChI=1S/C15H16N2OS2/c16-15(19)11-4-1-5-12(10-11)17-14(18)8-2-6-13-7-3-9-20-13/h1,3-5,7,9-10H,2,6,8H2,(H2,16,19)(H,17,18). The number of thiocarbonyl (C=S) groups is 1. The number of nitrogens with two attached hydrogens (primary N) is 1. The lowest BCUT2D eigenvalue weighted by molar-refractivity contribution is -0.116. The average Bonchev–Trinajstić information content (AvgIpc) is 2.92. The molecule has 0 fully saturated rings. The van der Waals surface area contributed by atoms with Gasteiger partial charge in [0.2, 0.25) is 5.91 Å². The van der Waals surface area contributed by atoms with Gasteiger partial charge in [0, 0.05) is 22.5 Å². The highest BCUT2D eigenvalue weighted by atomic mass is 32.1. The number of rotatable bonds is 6. The van der Waals surface area contributed by atoms with E-state index in [4.69, 9.17) is 18.0 Å². The molecule has 0 aliphatic rings. The maximum atomic E-state index is 11.9. The molecule has 0 aliphatic heterocycles. The van der Waals surface area contributed by atoms with Gasteiger partial charge in [-0.2, -0.15) is 0 Å². The van der Waals surface area contributed by atoms with Gasteiger partial charge in [0.1, 0.15) is 4.99 Å². The van der Waals surface area contributed by atoms with E-state index in [0.717, 1.165) is 24.1 Å². The van der Waals surface area contributed by atoms with Crippen LogP contribution in [0.15, 0.2) is 41.8 Å². The first-order chi connectivity index (χ1) is 9.65. The van der Waals surface area contributed by atoms with Crippen LogP contribution in [0.25, 0.3) is 0 Å². The van der Waals surface area contributed by atoms with Crippen LogP contribution >= 0.6 is 23.6 Å². The third-order valence-electron chi connectivity index (χ3n) is 2.84. The van der Waals surface area contributed by atoms with Crippen LogP contribution in [0.4, 0.5) is 5.69 Å². The number of aryl methyl sites for hydroxylation is 1. The second-order valence-corrected chi connectivity index (χ2v) is 5.90. The molecule has 0 radical (unpaired) electrons. The summed E-state index contributed by atoms with van der Waals surface area (Å²) in [5.41, 5.74) is 7.06. The molecule has 1 aromatic heterocycles. The molecule has 0 unspecified atom stereocenters. The van der Waals surface area contributed by atoms with Gasteiger partial charge in [-0.15, -0.1) is 11.3 Å². The van der Waals surface area contributed by atoms with Crippen molar-refractivity contribution in [1.29, 1.82) is 0 Å². The molecule has 3 nitrogen and oxygen atoms in total. The molecule has 20 heavy (non-hydrogen) atoms. The van der Waals surface area contributed by atoms with Crippen molar-refractivity contribution in [1.82, 2.24) is 0 Å². The molecule has 2 rings (SSSR count). The molecular formula is C15H16N2OS2. The van der Waals surface area contributed by atoms with Crippen molar-refractivity contribution in [2.24, 2.45) is 5.73 Å². The van der Waals surface area contributed by atoms with Crippen LogP contribution in [-0.2, 0) is 11.2 Å². The zero-order valence-corrected chi connectivity index (χ0v) is 12.6. The summed E-state index contributed by atoms with van der Waals surface area (Å²) in [5, 5.41) is 4.92. The average molecular weight is 304 g/mol. The second kappa shape index (κ2) is 7.17. The summed E-state index contributed by atoms with van der Waals surface area (Å²) in [6.07, 6.45) is 2.30. The third kappa shape index (κ3) is 4.43. The number of hydrogen-bond donors (Lipinski definition) is 2. The van der Waals surface area contributed by atoms with Gasteiger partial charge in [0.05, 0.1) is 0 Å². The van der Waals surface area contributed by atoms with Crippen molar-refractivity contribution in [2.45, 2.75) is 19.3 Å². The summed E-state index contributed by atoms with van der Waals surface area (Å²) in [4.78, 5) is 13.5. The summed E-state index contributed by atoms with van der Waals surface area (Å²) in [6, 6.07) is 11.4. The molecule has 0 saturated carbocycles. The van der Waals surface area contributed by atoms with Crippen LogP contribution in [0.1, 0.15) is 23.3 Å². The minimum absolute atomic E-state index is 0.0154. The third-order valence-corrected chi connectivity index (χ3v) is 4.01. The Balaban J connectivity index is 1.82. The van der Waals surface area contributed by atoms with Crippen LogP contribution < -0.4 is 11.1 Å². The van der Waals surface area contributed by atoms with E-state index in [0.29, 0.717) is 11.4 Å². The molecular weight excluding hydrogens is 288 g/mol. The lowest BCUT2D eigenvalue weighted by Gasteiger charge is -2.06. The van der Waals surface area contributed by atoms with E-state index < -0.39 is 0 Å². The van der Waals surface area contributed by atoms with E-state index in [2.05, 4.69) is 16.8 Å². The predicted octanol–water partition coefficient (Wildman–Crippen LogP) is 3.34. The van der Waals surface area contributed by atoms with Crippen molar-refractivity contribution in [3.8, 4) is 0 Å². The maximum Gasteiger partial charge on any atom is 0.224 e. The molecule has 0 aliphatic carbocycles. The SMILES string of the molecule is NC(=S)c1cccc(NC(=O)CCCc2cccs2)c1. The minimum atomic E-state index is 0.0154. The molecule has 1 heterocycles. The summed E-state index contributed by atoms with van der Waals surface area (Å²) in [6.45, 7) is 0. The van der Waals surface area contributed by atoms with E-state index in [9.17, 15) is 4.79 Å². The quantitative estimate of drug-likeness (QED) is 0.805. The fourth-order valence-corrected chi connectivity index (χ4v) is 2.73. The molecule has 0 atom stereocenters. The number of carbonyl (C=O) groups is 1. The lowest BCUT2D eigenvalue weighted by Crippen LogP contribution is -2.13. The monoisotopic (exact) mass is 304 g/mol. The Labute approximate surface area is 127 Å². The first-order valence-corrected chi connectivity index (χ1v) is 7.66.